The molecule has 1 aliphatic heterocycles. The van der Waals surface area contributed by atoms with E-state index in [-0.39, 0.29) is 18.4 Å². The Morgan fingerprint density at radius 2 is 1.89 bits per heavy atom. The van der Waals surface area contributed by atoms with Crippen LogP contribution in [-0.2, 0) is 5.54 Å². The molecule has 3 heterocycles. The average molecular weight is 514 g/mol. The number of amides is 1. The van der Waals surface area contributed by atoms with Crippen molar-refractivity contribution >= 4 is 23.4 Å². The molecule has 0 saturated heterocycles. The van der Waals surface area contributed by atoms with Crippen molar-refractivity contribution in [3.63, 3.8) is 0 Å². The Labute approximate surface area is 221 Å². The van der Waals surface area contributed by atoms with Crippen LogP contribution < -0.4 is 10.6 Å². The van der Waals surface area contributed by atoms with Crippen LogP contribution in [-0.4, -0.2) is 49.2 Å². The molecular formula is C28H31N7O3. The summed E-state index contributed by atoms with van der Waals surface area (Å²) in [5, 5.41) is 20.6. The molecule has 2 aromatic heterocycles. The van der Waals surface area contributed by atoms with Crippen LogP contribution in [0.25, 0.3) is 11.5 Å². The topological polar surface area (TPSA) is 129 Å². The lowest BCUT2D eigenvalue weighted by Gasteiger charge is -2.32. The van der Waals surface area contributed by atoms with Gasteiger partial charge < -0.3 is 25.2 Å². The van der Waals surface area contributed by atoms with Crippen LogP contribution in [0, 0.1) is 6.92 Å². The van der Waals surface area contributed by atoms with Crippen molar-refractivity contribution < 1.29 is 14.4 Å². The van der Waals surface area contributed by atoms with Crippen LogP contribution in [0.5, 0.6) is 0 Å². The molecule has 0 unspecified atom stereocenters. The van der Waals surface area contributed by atoms with Crippen LogP contribution in [0.1, 0.15) is 60.5 Å². The van der Waals surface area contributed by atoms with Gasteiger partial charge in [0.1, 0.15) is 11.4 Å². The van der Waals surface area contributed by atoms with Gasteiger partial charge in [0.2, 0.25) is 5.95 Å². The van der Waals surface area contributed by atoms with Crippen LogP contribution in [0.3, 0.4) is 0 Å². The van der Waals surface area contributed by atoms with Crippen molar-refractivity contribution in [2.45, 2.75) is 45.7 Å². The number of aryl methyl sites for hydroxylation is 1. The van der Waals surface area contributed by atoms with Crippen LogP contribution in [0.2, 0.25) is 0 Å². The highest BCUT2D eigenvalue weighted by Gasteiger charge is 2.42. The minimum absolute atomic E-state index is 0.0521. The number of aromatic nitrogens is 4. The third-order valence-electron chi connectivity index (χ3n) is 6.77. The lowest BCUT2D eigenvalue weighted by Crippen LogP contribution is -2.39. The number of nitrogens with one attached hydrogen (secondary N) is 2. The number of hydrogen-bond donors (Lipinski definition) is 3. The predicted octanol–water partition coefficient (Wildman–Crippen LogP) is 4.83. The molecule has 5 rings (SSSR count). The Balaban J connectivity index is 1.48. The molecule has 10 nitrogen and oxygen atoms in total. The third-order valence-corrected chi connectivity index (χ3v) is 6.77. The van der Waals surface area contributed by atoms with Crippen molar-refractivity contribution in [1.82, 2.24) is 25.0 Å². The zero-order valence-electron chi connectivity index (χ0n) is 21.9. The Morgan fingerprint density at radius 3 is 2.58 bits per heavy atom. The lowest BCUT2D eigenvalue weighted by molar-refractivity contribution is 0.0619. The highest BCUT2D eigenvalue weighted by atomic mass is 16.5. The molecule has 0 saturated carbocycles. The number of rotatable bonds is 9. The van der Waals surface area contributed by atoms with E-state index in [1.54, 1.807) is 13.1 Å². The van der Waals surface area contributed by atoms with E-state index < -0.39 is 11.6 Å². The normalized spacial score (nSPS) is 14.9. The van der Waals surface area contributed by atoms with Crippen molar-refractivity contribution in [2.24, 2.45) is 0 Å². The first-order chi connectivity index (χ1) is 18.3. The summed E-state index contributed by atoms with van der Waals surface area (Å²) in [4.78, 5) is 28.4. The van der Waals surface area contributed by atoms with Gasteiger partial charge in [0.25, 0.3) is 11.8 Å². The van der Waals surface area contributed by atoms with Crippen molar-refractivity contribution in [3.05, 3.63) is 77.2 Å². The zero-order valence-corrected chi connectivity index (χ0v) is 21.9. The minimum Gasteiger partial charge on any atom is -0.394 e. The number of hydrogen-bond acceptors (Lipinski definition) is 9. The Hall–Kier alpha value is -4.31. The maximum atomic E-state index is 13.0. The fraction of sp³-hybridized carbons (Fsp3) is 0.321. The van der Waals surface area contributed by atoms with Gasteiger partial charge in [-0.15, -0.1) is 0 Å². The summed E-state index contributed by atoms with van der Waals surface area (Å²) in [5.41, 5.74) is 3.43. The molecule has 2 aromatic carbocycles. The number of aliphatic hydroxyl groups excluding tert-OH is 1. The summed E-state index contributed by atoms with van der Waals surface area (Å²) >= 11 is 0. The first-order valence-electron chi connectivity index (χ1n) is 12.7. The second-order valence-corrected chi connectivity index (χ2v) is 9.79. The van der Waals surface area contributed by atoms with E-state index in [4.69, 9.17) is 9.51 Å². The molecule has 10 heteroatoms. The standard InChI is InChI=1S/C28H31N7O3/c1-5-13-35-26(37)20-12-11-19(14-22(20)28(35,3)4)31-27-29-15-21(25-30-17(2)34-38-25)24(33-27)32-23(16-36)18-9-7-6-8-10-18/h6-12,14-15,23,36H,5,13,16H2,1-4H3,(H2,29,31,32,33)/t23-/m1/s1. The number of anilines is 3. The first-order valence-corrected chi connectivity index (χ1v) is 12.7. The van der Waals surface area contributed by atoms with Gasteiger partial charge in [-0.3, -0.25) is 4.79 Å². The van der Waals surface area contributed by atoms with Gasteiger partial charge in [0.05, 0.1) is 18.2 Å². The van der Waals surface area contributed by atoms with E-state index >= 15 is 0 Å². The molecule has 0 bridgehead atoms. The largest absolute Gasteiger partial charge is 0.394 e. The number of fused-ring (bicyclic) bond motifs is 1. The summed E-state index contributed by atoms with van der Waals surface area (Å²) in [5.74, 6) is 1.58. The minimum atomic E-state index is -0.419. The van der Waals surface area contributed by atoms with Crippen molar-refractivity contribution in [2.75, 3.05) is 23.8 Å². The molecule has 196 valence electrons. The van der Waals surface area contributed by atoms with E-state index in [9.17, 15) is 9.90 Å². The van der Waals surface area contributed by atoms with Gasteiger partial charge >= 0.3 is 0 Å². The van der Waals surface area contributed by atoms with Crippen LogP contribution in [0.15, 0.2) is 59.3 Å². The summed E-state index contributed by atoms with van der Waals surface area (Å²) in [6, 6.07) is 14.9. The molecular weight excluding hydrogens is 482 g/mol. The van der Waals surface area contributed by atoms with E-state index in [0.717, 1.165) is 23.2 Å². The highest BCUT2D eigenvalue weighted by molar-refractivity contribution is 6.00. The van der Waals surface area contributed by atoms with Crippen molar-refractivity contribution in [1.29, 1.82) is 0 Å². The molecule has 0 radical (unpaired) electrons. The zero-order chi connectivity index (χ0) is 26.9. The average Bonchev–Trinajstić information content (AvgIpc) is 3.43. The monoisotopic (exact) mass is 513 g/mol. The van der Waals surface area contributed by atoms with Gasteiger partial charge in [-0.05, 0) is 56.5 Å². The van der Waals surface area contributed by atoms with Crippen LogP contribution >= 0.6 is 0 Å². The summed E-state index contributed by atoms with van der Waals surface area (Å²) in [7, 11) is 0. The fourth-order valence-electron chi connectivity index (χ4n) is 4.79. The van der Waals surface area contributed by atoms with E-state index in [0.29, 0.717) is 35.3 Å². The van der Waals surface area contributed by atoms with E-state index in [1.807, 2.05) is 53.4 Å². The fourth-order valence-corrected chi connectivity index (χ4v) is 4.79. The van der Waals surface area contributed by atoms with E-state index in [2.05, 4.69) is 46.5 Å². The lowest BCUT2D eigenvalue weighted by atomic mass is 9.93. The van der Waals surface area contributed by atoms with E-state index in [1.165, 1.54) is 0 Å². The number of aliphatic hydroxyl groups is 1. The second kappa shape index (κ2) is 10.2. The predicted molar refractivity (Wildman–Crippen MR) is 144 cm³/mol. The first kappa shape index (κ1) is 25.3. The molecule has 3 N–H and O–H groups in total. The summed E-state index contributed by atoms with van der Waals surface area (Å²) in [6.45, 7) is 8.48. The molecule has 1 aliphatic rings. The summed E-state index contributed by atoms with van der Waals surface area (Å²) < 4.78 is 5.38. The maximum Gasteiger partial charge on any atom is 0.263 e. The molecule has 1 atom stereocenters. The maximum absolute atomic E-state index is 13.0. The Kier molecular flexibility index (Phi) is 6.81. The Morgan fingerprint density at radius 1 is 1.11 bits per heavy atom. The number of carbonyl (C=O) groups is 1. The number of benzene rings is 2. The molecule has 4 aromatic rings. The van der Waals surface area contributed by atoms with Gasteiger partial charge in [-0.1, -0.05) is 42.4 Å². The molecule has 38 heavy (non-hydrogen) atoms. The summed E-state index contributed by atoms with van der Waals surface area (Å²) in [6.07, 6.45) is 2.50. The van der Waals surface area contributed by atoms with Gasteiger partial charge in [-0.2, -0.15) is 9.97 Å². The van der Waals surface area contributed by atoms with Crippen LogP contribution in [0.4, 0.5) is 17.5 Å². The SMILES string of the molecule is CCCN1C(=O)c2ccc(Nc3ncc(-c4nc(C)no4)c(N[C@H](CO)c4ccccc4)n3)cc2C1(C)C. The third kappa shape index (κ3) is 4.70. The van der Waals surface area contributed by atoms with Crippen molar-refractivity contribution in [3.8, 4) is 11.5 Å². The van der Waals surface area contributed by atoms with Gasteiger partial charge in [0.15, 0.2) is 5.82 Å². The highest BCUT2D eigenvalue weighted by Crippen LogP contribution is 2.40. The molecule has 0 fully saturated rings. The molecule has 0 spiro atoms. The van der Waals surface area contributed by atoms with Gasteiger partial charge in [-0.25, -0.2) is 4.98 Å². The smallest absolute Gasteiger partial charge is 0.263 e. The second-order valence-electron chi connectivity index (χ2n) is 9.79. The number of nitrogens with zero attached hydrogens (tertiary/aromatic N) is 5. The number of carbonyl (C=O) groups excluding carboxylic acids is 1. The Bertz CT molecular complexity index is 1450. The molecule has 1 amide bonds. The molecule has 0 aliphatic carbocycles. The quantitative estimate of drug-likeness (QED) is 0.288. The van der Waals surface area contributed by atoms with Gasteiger partial charge in [0, 0.05) is 24.0 Å².